The van der Waals surface area contributed by atoms with E-state index in [9.17, 15) is 0 Å². The molecule has 1 heterocycles. The minimum Gasteiger partial charge on any atom is -0.492 e. The van der Waals surface area contributed by atoms with E-state index in [-0.39, 0.29) is 0 Å². The SMILES string of the molecule is CC1CN(CCOc2cccc(Cl)c2)CCO1. The van der Waals surface area contributed by atoms with Gasteiger partial charge in [-0.1, -0.05) is 17.7 Å². The quantitative estimate of drug-likeness (QED) is 0.825. The van der Waals surface area contributed by atoms with Crippen molar-refractivity contribution in [2.45, 2.75) is 13.0 Å². The molecule has 94 valence electrons. The maximum atomic E-state index is 5.88. The number of hydrogen-bond donors (Lipinski definition) is 0. The van der Waals surface area contributed by atoms with Crippen molar-refractivity contribution in [1.29, 1.82) is 0 Å². The Labute approximate surface area is 107 Å². The minimum absolute atomic E-state index is 0.329. The lowest BCUT2D eigenvalue weighted by atomic mass is 10.3. The van der Waals surface area contributed by atoms with Gasteiger partial charge in [-0.15, -0.1) is 0 Å². The topological polar surface area (TPSA) is 21.7 Å². The van der Waals surface area contributed by atoms with Crippen molar-refractivity contribution >= 4 is 11.6 Å². The van der Waals surface area contributed by atoms with Crippen molar-refractivity contribution in [2.24, 2.45) is 0 Å². The van der Waals surface area contributed by atoms with Gasteiger partial charge in [0.2, 0.25) is 0 Å². The lowest BCUT2D eigenvalue weighted by molar-refractivity contribution is -0.0214. The van der Waals surface area contributed by atoms with Crippen LogP contribution < -0.4 is 4.74 Å². The summed E-state index contributed by atoms with van der Waals surface area (Å²) in [5.74, 6) is 0.832. The number of ether oxygens (including phenoxy) is 2. The molecular weight excluding hydrogens is 238 g/mol. The molecule has 0 spiro atoms. The molecule has 0 aliphatic carbocycles. The molecule has 1 unspecified atom stereocenters. The van der Waals surface area contributed by atoms with Crippen LogP contribution in [-0.2, 0) is 4.74 Å². The molecular formula is C13H18ClNO2. The summed E-state index contributed by atoms with van der Waals surface area (Å²) >= 11 is 5.88. The fraction of sp³-hybridized carbons (Fsp3) is 0.538. The first-order chi connectivity index (χ1) is 8.24. The zero-order chi connectivity index (χ0) is 12.1. The zero-order valence-electron chi connectivity index (χ0n) is 10.1. The van der Waals surface area contributed by atoms with Crippen LogP contribution in [0.15, 0.2) is 24.3 Å². The summed E-state index contributed by atoms with van der Waals surface area (Å²) in [6.45, 7) is 6.51. The number of benzene rings is 1. The largest absolute Gasteiger partial charge is 0.492 e. The second-order valence-corrected chi connectivity index (χ2v) is 4.72. The first kappa shape index (κ1) is 12.7. The third-order valence-electron chi connectivity index (χ3n) is 2.80. The highest BCUT2D eigenvalue weighted by molar-refractivity contribution is 6.30. The monoisotopic (exact) mass is 255 g/mol. The number of halogens is 1. The van der Waals surface area contributed by atoms with E-state index >= 15 is 0 Å². The van der Waals surface area contributed by atoms with Crippen molar-refractivity contribution < 1.29 is 9.47 Å². The highest BCUT2D eigenvalue weighted by Gasteiger charge is 2.15. The van der Waals surface area contributed by atoms with Crippen LogP contribution in [-0.4, -0.2) is 43.9 Å². The van der Waals surface area contributed by atoms with Gasteiger partial charge >= 0.3 is 0 Å². The predicted octanol–water partition coefficient (Wildman–Crippen LogP) is 2.44. The van der Waals surface area contributed by atoms with Gasteiger partial charge in [0, 0.05) is 24.7 Å². The zero-order valence-corrected chi connectivity index (χ0v) is 10.8. The van der Waals surface area contributed by atoms with E-state index in [4.69, 9.17) is 21.1 Å². The Morgan fingerprint density at radius 1 is 1.53 bits per heavy atom. The standard InChI is InChI=1S/C13H18ClNO2/c1-11-10-15(5-7-16-11)6-8-17-13-4-2-3-12(14)9-13/h2-4,9,11H,5-8,10H2,1H3. The molecule has 17 heavy (non-hydrogen) atoms. The third-order valence-corrected chi connectivity index (χ3v) is 3.03. The molecule has 3 nitrogen and oxygen atoms in total. The van der Waals surface area contributed by atoms with Crippen molar-refractivity contribution in [1.82, 2.24) is 4.90 Å². The van der Waals surface area contributed by atoms with Crippen LogP contribution >= 0.6 is 11.6 Å². The summed E-state index contributed by atoms with van der Waals surface area (Å²) < 4.78 is 11.1. The maximum Gasteiger partial charge on any atom is 0.120 e. The Morgan fingerprint density at radius 2 is 2.41 bits per heavy atom. The number of hydrogen-bond acceptors (Lipinski definition) is 3. The van der Waals surface area contributed by atoms with E-state index < -0.39 is 0 Å². The van der Waals surface area contributed by atoms with Gasteiger partial charge in [0.25, 0.3) is 0 Å². The minimum atomic E-state index is 0.329. The Bertz CT molecular complexity index is 359. The Balaban J connectivity index is 1.72. The fourth-order valence-corrected chi connectivity index (χ4v) is 2.12. The van der Waals surface area contributed by atoms with Gasteiger partial charge in [-0.25, -0.2) is 0 Å². The van der Waals surface area contributed by atoms with Crippen molar-refractivity contribution in [3.63, 3.8) is 0 Å². The van der Waals surface area contributed by atoms with Gasteiger partial charge in [-0.2, -0.15) is 0 Å². The van der Waals surface area contributed by atoms with Crippen LogP contribution in [0.5, 0.6) is 5.75 Å². The number of morpholine rings is 1. The van der Waals surface area contributed by atoms with Gasteiger partial charge in [0.15, 0.2) is 0 Å². The van der Waals surface area contributed by atoms with Crippen molar-refractivity contribution in [3.05, 3.63) is 29.3 Å². The normalized spacial score (nSPS) is 21.4. The summed E-state index contributed by atoms with van der Waals surface area (Å²) in [7, 11) is 0. The first-order valence-corrected chi connectivity index (χ1v) is 6.34. The average Bonchev–Trinajstić information content (AvgIpc) is 2.29. The lowest BCUT2D eigenvalue weighted by Gasteiger charge is -2.30. The lowest BCUT2D eigenvalue weighted by Crippen LogP contribution is -2.42. The molecule has 1 aromatic carbocycles. The highest BCUT2D eigenvalue weighted by atomic mass is 35.5. The van der Waals surface area contributed by atoms with Gasteiger partial charge in [0.05, 0.1) is 12.7 Å². The van der Waals surface area contributed by atoms with Crippen LogP contribution in [0.1, 0.15) is 6.92 Å². The molecule has 0 aromatic heterocycles. The summed E-state index contributed by atoms with van der Waals surface area (Å²) in [6.07, 6.45) is 0.329. The second kappa shape index (κ2) is 6.24. The van der Waals surface area contributed by atoms with Gasteiger partial charge in [0.1, 0.15) is 12.4 Å². The molecule has 0 amide bonds. The van der Waals surface area contributed by atoms with Crippen LogP contribution in [0.4, 0.5) is 0 Å². The fourth-order valence-electron chi connectivity index (χ4n) is 1.94. The predicted molar refractivity (Wildman–Crippen MR) is 68.8 cm³/mol. The summed E-state index contributed by atoms with van der Waals surface area (Å²) in [6, 6.07) is 7.50. The molecule has 1 fully saturated rings. The molecule has 0 saturated carbocycles. The van der Waals surface area contributed by atoms with E-state index in [0.29, 0.717) is 17.7 Å². The van der Waals surface area contributed by atoms with Crippen molar-refractivity contribution in [2.75, 3.05) is 32.8 Å². The molecule has 1 saturated heterocycles. The molecule has 0 bridgehead atoms. The average molecular weight is 256 g/mol. The molecule has 0 radical (unpaired) electrons. The summed E-state index contributed by atoms with van der Waals surface area (Å²) in [5, 5.41) is 0.711. The molecule has 4 heteroatoms. The molecule has 1 aromatic rings. The second-order valence-electron chi connectivity index (χ2n) is 4.29. The first-order valence-electron chi connectivity index (χ1n) is 5.96. The van der Waals surface area contributed by atoms with Gasteiger partial charge in [-0.05, 0) is 25.1 Å². The Morgan fingerprint density at radius 3 is 3.18 bits per heavy atom. The molecule has 2 rings (SSSR count). The molecule has 1 aliphatic rings. The van der Waals surface area contributed by atoms with E-state index in [1.807, 2.05) is 24.3 Å². The van der Waals surface area contributed by atoms with E-state index in [0.717, 1.165) is 32.0 Å². The van der Waals surface area contributed by atoms with Crippen LogP contribution in [0.25, 0.3) is 0 Å². The number of nitrogens with zero attached hydrogens (tertiary/aromatic N) is 1. The van der Waals surface area contributed by atoms with Gasteiger partial charge < -0.3 is 9.47 Å². The van der Waals surface area contributed by atoms with Gasteiger partial charge in [-0.3, -0.25) is 4.90 Å². The van der Waals surface area contributed by atoms with Crippen molar-refractivity contribution in [3.8, 4) is 5.75 Å². The summed E-state index contributed by atoms with van der Waals surface area (Å²) in [5.41, 5.74) is 0. The van der Waals surface area contributed by atoms with E-state index in [1.54, 1.807) is 0 Å². The van der Waals surface area contributed by atoms with Crippen LogP contribution in [0.3, 0.4) is 0 Å². The highest BCUT2D eigenvalue weighted by Crippen LogP contribution is 2.17. The smallest absolute Gasteiger partial charge is 0.120 e. The van der Waals surface area contributed by atoms with Crippen LogP contribution in [0.2, 0.25) is 5.02 Å². The molecule has 1 atom stereocenters. The molecule has 0 N–H and O–H groups in total. The Hall–Kier alpha value is -0.770. The molecule has 1 aliphatic heterocycles. The summed E-state index contributed by atoms with van der Waals surface area (Å²) in [4.78, 5) is 2.36. The maximum absolute atomic E-state index is 5.88. The van der Waals surface area contributed by atoms with E-state index in [1.165, 1.54) is 0 Å². The van der Waals surface area contributed by atoms with Crippen LogP contribution in [0, 0.1) is 0 Å². The number of rotatable bonds is 4. The van der Waals surface area contributed by atoms with E-state index in [2.05, 4.69) is 11.8 Å². The third kappa shape index (κ3) is 4.19. The Kier molecular flexibility index (Phi) is 4.66.